The van der Waals surface area contributed by atoms with E-state index in [1.807, 2.05) is 0 Å². The van der Waals surface area contributed by atoms with Gasteiger partial charge in [-0.25, -0.2) is 4.39 Å². The lowest BCUT2D eigenvalue weighted by atomic mass is 10.2. The molecule has 0 unspecified atom stereocenters. The molecule has 0 radical (unpaired) electrons. The molecule has 102 valence electrons. The summed E-state index contributed by atoms with van der Waals surface area (Å²) in [4.78, 5) is 4.25. The number of nitrogens with zero attached hydrogens (tertiary/aromatic N) is 1. The van der Waals surface area contributed by atoms with E-state index in [0.29, 0.717) is 22.2 Å². The molecular weight excluding hydrogens is 279 g/mol. The van der Waals surface area contributed by atoms with Gasteiger partial charge in [-0.05, 0) is 30.3 Å². The van der Waals surface area contributed by atoms with Crippen molar-refractivity contribution >= 4 is 17.4 Å². The molecule has 0 saturated heterocycles. The molecule has 3 nitrogen and oxygen atoms in total. The van der Waals surface area contributed by atoms with Crippen molar-refractivity contribution in [3.63, 3.8) is 0 Å². The van der Waals surface area contributed by atoms with Gasteiger partial charge in [-0.3, -0.25) is 4.99 Å². The van der Waals surface area contributed by atoms with Crippen LogP contribution in [0.3, 0.4) is 0 Å². The molecule has 0 saturated carbocycles. The van der Waals surface area contributed by atoms with Gasteiger partial charge in [0.1, 0.15) is 11.6 Å². The highest BCUT2D eigenvalue weighted by Crippen LogP contribution is 2.30. The molecule has 0 atom stereocenters. The normalized spacial score (nSPS) is 13.8. The van der Waals surface area contributed by atoms with Crippen molar-refractivity contribution in [3.8, 4) is 11.5 Å². The topological polar surface area (TPSA) is 33.6 Å². The molecule has 2 aromatic carbocycles. The molecule has 1 aliphatic heterocycles. The van der Waals surface area contributed by atoms with E-state index < -0.39 is 5.82 Å². The number of benzene rings is 2. The number of para-hydroxylation sites is 1. The highest BCUT2D eigenvalue weighted by molar-refractivity contribution is 6.32. The Morgan fingerprint density at radius 3 is 2.70 bits per heavy atom. The Bertz CT molecular complexity index is 673. The average Bonchev–Trinajstić information content (AvgIpc) is 2.97. The number of rotatable bonds is 3. The lowest BCUT2D eigenvalue weighted by Gasteiger charge is -2.09. The van der Waals surface area contributed by atoms with Crippen molar-refractivity contribution < 1.29 is 9.13 Å². The molecule has 0 bridgehead atoms. The van der Waals surface area contributed by atoms with Gasteiger partial charge in [-0.1, -0.05) is 23.7 Å². The Morgan fingerprint density at radius 1 is 1.15 bits per heavy atom. The van der Waals surface area contributed by atoms with E-state index in [1.54, 1.807) is 36.4 Å². The summed E-state index contributed by atoms with van der Waals surface area (Å²) in [5, 5.41) is 3.54. The van der Waals surface area contributed by atoms with Crippen LogP contribution in [0.25, 0.3) is 0 Å². The van der Waals surface area contributed by atoms with E-state index in [0.717, 1.165) is 13.1 Å². The summed E-state index contributed by atoms with van der Waals surface area (Å²) < 4.78 is 19.6. The van der Waals surface area contributed by atoms with Gasteiger partial charge in [0, 0.05) is 12.1 Å². The summed E-state index contributed by atoms with van der Waals surface area (Å²) in [6, 6.07) is 11.7. The minimum atomic E-state index is -0.446. The lowest BCUT2D eigenvalue weighted by Crippen LogP contribution is -2.19. The number of amidine groups is 1. The molecule has 1 aliphatic rings. The molecule has 20 heavy (non-hydrogen) atoms. The van der Waals surface area contributed by atoms with Gasteiger partial charge in [-0.15, -0.1) is 0 Å². The average molecular weight is 291 g/mol. The van der Waals surface area contributed by atoms with E-state index in [-0.39, 0.29) is 5.75 Å². The largest absolute Gasteiger partial charge is 0.453 e. The van der Waals surface area contributed by atoms with E-state index in [4.69, 9.17) is 16.3 Å². The molecule has 0 fully saturated rings. The third-order valence-electron chi connectivity index (χ3n) is 2.94. The number of hydrogen-bond acceptors (Lipinski definition) is 3. The lowest BCUT2D eigenvalue weighted by molar-refractivity contribution is 0.442. The van der Waals surface area contributed by atoms with E-state index in [2.05, 4.69) is 10.3 Å². The molecule has 3 rings (SSSR count). The van der Waals surface area contributed by atoms with Gasteiger partial charge in [0.25, 0.3) is 0 Å². The fourth-order valence-corrected chi connectivity index (χ4v) is 2.14. The van der Waals surface area contributed by atoms with Crippen molar-refractivity contribution in [2.24, 2.45) is 4.99 Å². The Balaban J connectivity index is 1.86. The first-order valence-corrected chi connectivity index (χ1v) is 6.62. The minimum absolute atomic E-state index is 0.139. The van der Waals surface area contributed by atoms with Crippen LogP contribution in [0.4, 0.5) is 4.39 Å². The second kappa shape index (κ2) is 5.51. The molecule has 2 aromatic rings. The molecule has 0 aliphatic carbocycles. The minimum Gasteiger partial charge on any atom is -0.453 e. The maximum atomic E-state index is 14.1. The van der Waals surface area contributed by atoms with Crippen LogP contribution in [-0.2, 0) is 0 Å². The second-order valence-electron chi connectivity index (χ2n) is 4.33. The predicted molar refractivity (Wildman–Crippen MR) is 77.3 cm³/mol. The van der Waals surface area contributed by atoms with Gasteiger partial charge in [0.2, 0.25) is 0 Å². The van der Waals surface area contributed by atoms with Crippen LogP contribution < -0.4 is 10.1 Å². The number of hydrogen-bond donors (Lipinski definition) is 1. The third-order valence-corrected chi connectivity index (χ3v) is 3.25. The first-order chi connectivity index (χ1) is 9.74. The SMILES string of the molecule is Fc1cc(C2=NCCN2)ccc1Oc1ccccc1Cl. The number of aliphatic imine (C=N–C) groups is 1. The Labute approximate surface area is 121 Å². The van der Waals surface area contributed by atoms with Crippen molar-refractivity contribution in [1.29, 1.82) is 0 Å². The molecule has 0 spiro atoms. The fourth-order valence-electron chi connectivity index (χ4n) is 1.97. The van der Waals surface area contributed by atoms with Crippen LogP contribution in [-0.4, -0.2) is 18.9 Å². The summed E-state index contributed by atoms with van der Waals surface area (Å²) in [7, 11) is 0. The van der Waals surface area contributed by atoms with E-state index in [9.17, 15) is 4.39 Å². The monoisotopic (exact) mass is 290 g/mol. The van der Waals surface area contributed by atoms with Crippen molar-refractivity contribution in [2.45, 2.75) is 0 Å². The van der Waals surface area contributed by atoms with Gasteiger partial charge in [-0.2, -0.15) is 0 Å². The Kier molecular flexibility index (Phi) is 3.56. The maximum absolute atomic E-state index is 14.1. The van der Waals surface area contributed by atoms with Gasteiger partial charge in [0.15, 0.2) is 11.6 Å². The van der Waals surface area contributed by atoms with Crippen molar-refractivity contribution in [1.82, 2.24) is 5.32 Å². The zero-order valence-corrected chi connectivity index (χ0v) is 11.3. The molecular formula is C15H12ClFN2O. The predicted octanol–water partition coefficient (Wildman–Crippen LogP) is 3.62. The number of ether oxygens (including phenoxy) is 1. The summed E-state index contributed by atoms with van der Waals surface area (Å²) in [6.07, 6.45) is 0. The molecule has 0 amide bonds. The quantitative estimate of drug-likeness (QED) is 0.937. The second-order valence-corrected chi connectivity index (χ2v) is 4.74. The number of nitrogens with one attached hydrogen (secondary N) is 1. The van der Waals surface area contributed by atoms with Crippen molar-refractivity contribution in [2.75, 3.05) is 13.1 Å². The first kappa shape index (κ1) is 12.9. The maximum Gasteiger partial charge on any atom is 0.166 e. The van der Waals surface area contributed by atoms with E-state index >= 15 is 0 Å². The van der Waals surface area contributed by atoms with Crippen LogP contribution in [0.1, 0.15) is 5.56 Å². The third kappa shape index (κ3) is 2.60. The Morgan fingerprint density at radius 2 is 2.00 bits per heavy atom. The first-order valence-electron chi connectivity index (χ1n) is 6.24. The highest BCUT2D eigenvalue weighted by atomic mass is 35.5. The molecule has 5 heteroatoms. The van der Waals surface area contributed by atoms with Crippen LogP contribution in [0.5, 0.6) is 11.5 Å². The molecule has 0 aromatic heterocycles. The van der Waals surface area contributed by atoms with Gasteiger partial charge in [0.05, 0.1) is 11.6 Å². The van der Waals surface area contributed by atoms with Gasteiger partial charge < -0.3 is 10.1 Å². The summed E-state index contributed by atoms with van der Waals surface area (Å²) in [5.41, 5.74) is 0.714. The van der Waals surface area contributed by atoms with Crippen LogP contribution >= 0.6 is 11.6 Å². The molecule has 1 heterocycles. The molecule has 1 N–H and O–H groups in total. The fraction of sp³-hybridized carbons (Fsp3) is 0.133. The Hall–Kier alpha value is -2.07. The van der Waals surface area contributed by atoms with E-state index in [1.165, 1.54) is 6.07 Å². The van der Waals surface area contributed by atoms with Gasteiger partial charge >= 0.3 is 0 Å². The summed E-state index contributed by atoms with van der Waals surface area (Å²) in [5.74, 6) is 0.838. The van der Waals surface area contributed by atoms with Crippen LogP contribution in [0.2, 0.25) is 5.02 Å². The highest BCUT2D eigenvalue weighted by Gasteiger charge is 2.12. The van der Waals surface area contributed by atoms with Crippen LogP contribution in [0.15, 0.2) is 47.5 Å². The number of halogens is 2. The standard InChI is InChI=1S/C15H12ClFN2O/c16-11-3-1-2-4-13(11)20-14-6-5-10(9-12(14)17)15-18-7-8-19-15/h1-6,9H,7-8H2,(H,18,19). The van der Waals surface area contributed by atoms with Crippen molar-refractivity contribution in [3.05, 3.63) is 58.9 Å². The zero-order valence-electron chi connectivity index (χ0n) is 10.6. The summed E-state index contributed by atoms with van der Waals surface area (Å²) in [6.45, 7) is 1.50. The van der Waals surface area contributed by atoms with Crippen LogP contribution in [0, 0.1) is 5.82 Å². The summed E-state index contributed by atoms with van der Waals surface area (Å²) >= 11 is 5.98. The zero-order chi connectivity index (χ0) is 13.9. The smallest absolute Gasteiger partial charge is 0.166 e.